The summed E-state index contributed by atoms with van der Waals surface area (Å²) in [6.07, 6.45) is 0.657. The van der Waals surface area contributed by atoms with Crippen LogP contribution >= 0.6 is 12.2 Å². The molecule has 0 aliphatic carbocycles. The summed E-state index contributed by atoms with van der Waals surface area (Å²) in [4.78, 5) is 12.5. The van der Waals surface area contributed by atoms with Gasteiger partial charge in [0.2, 0.25) is 0 Å². The van der Waals surface area contributed by atoms with Crippen molar-refractivity contribution in [3.8, 4) is 0 Å². The summed E-state index contributed by atoms with van der Waals surface area (Å²) in [6.45, 7) is 2.26. The Morgan fingerprint density at radius 1 is 1.45 bits per heavy atom. The fourth-order valence-electron chi connectivity index (χ4n) is 2.38. The number of aryl methyl sites for hydroxylation is 1. The summed E-state index contributed by atoms with van der Waals surface area (Å²) < 4.78 is 7.99. The Morgan fingerprint density at radius 3 is 2.91 bits per heavy atom. The number of aromatic amines is 1. The SMILES string of the molecule is CCc1oc2ccccc2c1C(=O)NCc1n[nH]c(=S)n1C. The second-order valence-corrected chi connectivity index (χ2v) is 5.32. The molecule has 1 aromatic carbocycles. The number of hydrogen-bond acceptors (Lipinski definition) is 4. The third-order valence-electron chi connectivity index (χ3n) is 3.60. The van der Waals surface area contributed by atoms with Crippen LogP contribution in [-0.2, 0) is 20.0 Å². The zero-order valence-electron chi connectivity index (χ0n) is 12.3. The Hall–Kier alpha value is -2.41. The molecule has 0 radical (unpaired) electrons. The van der Waals surface area contributed by atoms with Gasteiger partial charge in [-0.15, -0.1) is 0 Å². The highest BCUT2D eigenvalue weighted by molar-refractivity contribution is 7.71. The van der Waals surface area contributed by atoms with Gasteiger partial charge >= 0.3 is 0 Å². The number of carbonyl (C=O) groups excluding carboxylic acids is 1. The second kappa shape index (κ2) is 5.76. The van der Waals surface area contributed by atoms with Crippen LogP contribution in [0.5, 0.6) is 0 Å². The van der Waals surface area contributed by atoms with Crippen LogP contribution < -0.4 is 5.32 Å². The quantitative estimate of drug-likeness (QED) is 0.726. The van der Waals surface area contributed by atoms with Gasteiger partial charge in [-0.05, 0) is 18.3 Å². The fraction of sp³-hybridized carbons (Fsp3) is 0.267. The number of carbonyl (C=O) groups is 1. The standard InChI is InChI=1S/C15H16N4O2S/c1-3-10-13(9-6-4-5-7-11(9)21-10)14(20)16-8-12-17-18-15(22)19(12)2/h4-7H,3,8H2,1-2H3,(H,16,20)(H,18,22). The minimum Gasteiger partial charge on any atom is -0.460 e. The van der Waals surface area contributed by atoms with Crippen molar-refractivity contribution in [1.29, 1.82) is 0 Å². The van der Waals surface area contributed by atoms with E-state index < -0.39 is 0 Å². The maximum absolute atomic E-state index is 12.5. The van der Waals surface area contributed by atoms with E-state index in [2.05, 4.69) is 15.5 Å². The molecule has 0 bridgehead atoms. The first-order valence-electron chi connectivity index (χ1n) is 7.00. The first-order valence-corrected chi connectivity index (χ1v) is 7.41. The molecule has 0 atom stereocenters. The van der Waals surface area contributed by atoms with Gasteiger partial charge in [0, 0.05) is 18.9 Å². The minimum absolute atomic E-state index is 0.171. The van der Waals surface area contributed by atoms with E-state index >= 15 is 0 Å². The summed E-state index contributed by atoms with van der Waals surface area (Å²) in [5.41, 5.74) is 1.32. The van der Waals surface area contributed by atoms with E-state index in [1.807, 2.05) is 31.2 Å². The van der Waals surface area contributed by atoms with E-state index in [0.717, 1.165) is 11.0 Å². The maximum Gasteiger partial charge on any atom is 0.255 e. The zero-order chi connectivity index (χ0) is 15.7. The van der Waals surface area contributed by atoms with Gasteiger partial charge in [-0.25, -0.2) is 0 Å². The predicted molar refractivity (Wildman–Crippen MR) is 85.2 cm³/mol. The Bertz CT molecular complexity index is 890. The molecular formula is C15H16N4O2S. The average molecular weight is 316 g/mol. The van der Waals surface area contributed by atoms with E-state index in [4.69, 9.17) is 16.6 Å². The van der Waals surface area contributed by atoms with Crippen molar-refractivity contribution < 1.29 is 9.21 Å². The molecule has 1 amide bonds. The van der Waals surface area contributed by atoms with Crippen LogP contribution in [0.3, 0.4) is 0 Å². The number of furan rings is 1. The van der Waals surface area contributed by atoms with Gasteiger partial charge in [-0.2, -0.15) is 5.10 Å². The molecule has 0 saturated heterocycles. The Labute approximate surface area is 132 Å². The molecule has 0 unspecified atom stereocenters. The minimum atomic E-state index is -0.171. The number of H-pyrrole nitrogens is 1. The molecule has 2 N–H and O–H groups in total. The molecule has 3 rings (SSSR count). The largest absolute Gasteiger partial charge is 0.460 e. The van der Waals surface area contributed by atoms with Crippen LogP contribution in [0.25, 0.3) is 11.0 Å². The molecule has 7 heteroatoms. The summed E-state index contributed by atoms with van der Waals surface area (Å²) in [5.74, 6) is 1.19. The molecule has 114 valence electrons. The van der Waals surface area contributed by atoms with Crippen molar-refractivity contribution in [2.24, 2.45) is 7.05 Å². The maximum atomic E-state index is 12.5. The predicted octanol–water partition coefficient (Wildman–Crippen LogP) is 2.72. The number of rotatable bonds is 4. The third kappa shape index (κ3) is 2.43. The van der Waals surface area contributed by atoms with Crippen molar-refractivity contribution in [3.63, 3.8) is 0 Å². The van der Waals surface area contributed by atoms with Gasteiger partial charge in [0.05, 0.1) is 12.1 Å². The Morgan fingerprint density at radius 2 is 2.23 bits per heavy atom. The van der Waals surface area contributed by atoms with E-state index in [-0.39, 0.29) is 5.91 Å². The lowest BCUT2D eigenvalue weighted by molar-refractivity contribution is 0.0949. The van der Waals surface area contributed by atoms with Gasteiger partial charge in [-0.1, -0.05) is 25.1 Å². The first-order chi connectivity index (χ1) is 10.6. The van der Waals surface area contributed by atoms with Gasteiger partial charge in [0.25, 0.3) is 5.91 Å². The number of aromatic nitrogens is 3. The lowest BCUT2D eigenvalue weighted by Gasteiger charge is -2.05. The summed E-state index contributed by atoms with van der Waals surface area (Å²) >= 11 is 5.05. The van der Waals surface area contributed by atoms with Crippen LogP contribution in [0, 0.1) is 4.77 Å². The van der Waals surface area contributed by atoms with Crippen LogP contribution in [0.4, 0.5) is 0 Å². The molecule has 2 aromatic heterocycles. The molecule has 0 spiro atoms. The Balaban J connectivity index is 1.89. The van der Waals surface area contributed by atoms with Crippen molar-refractivity contribution >= 4 is 29.1 Å². The van der Waals surface area contributed by atoms with Crippen molar-refractivity contribution in [2.45, 2.75) is 19.9 Å². The molecule has 0 aliphatic heterocycles. The molecule has 0 saturated carbocycles. The fourth-order valence-corrected chi connectivity index (χ4v) is 2.53. The number of nitrogens with one attached hydrogen (secondary N) is 2. The summed E-state index contributed by atoms with van der Waals surface area (Å²) in [7, 11) is 1.80. The van der Waals surface area contributed by atoms with Crippen LogP contribution in [-0.4, -0.2) is 20.7 Å². The monoisotopic (exact) mass is 316 g/mol. The molecular weight excluding hydrogens is 300 g/mol. The highest BCUT2D eigenvalue weighted by Crippen LogP contribution is 2.26. The van der Waals surface area contributed by atoms with Crippen molar-refractivity contribution in [1.82, 2.24) is 20.1 Å². The smallest absolute Gasteiger partial charge is 0.255 e. The summed E-state index contributed by atoms with van der Waals surface area (Å²) in [6, 6.07) is 7.54. The number of hydrogen-bond donors (Lipinski definition) is 2. The summed E-state index contributed by atoms with van der Waals surface area (Å²) in [5, 5.41) is 10.5. The van der Waals surface area contributed by atoms with Gasteiger partial charge in [-0.3, -0.25) is 9.89 Å². The zero-order valence-corrected chi connectivity index (χ0v) is 13.2. The highest BCUT2D eigenvalue weighted by Gasteiger charge is 2.19. The van der Waals surface area contributed by atoms with Gasteiger partial charge in [0.15, 0.2) is 10.6 Å². The molecule has 2 heterocycles. The second-order valence-electron chi connectivity index (χ2n) is 4.94. The number of benzene rings is 1. The van der Waals surface area contributed by atoms with Gasteiger partial charge < -0.3 is 14.3 Å². The van der Waals surface area contributed by atoms with Crippen molar-refractivity contribution in [3.05, 3.63) is 46.2 Å². The van der Waals surface area contributed by atoms with Gasteiger partial charge in [0.1, 0.15) is 11.3 Å². The van der Waals surface area contributed by atoms with E-state index in [1.165, 1.54) is 0 Å². The number of para-hydroxylation sites is 1. The number of fused-ring (bicyclic) bond motifs is 1. The topological polar surface area (TPSA) is 75.8 Å². The number of amides is 1. The molecule has 3 aromatic rings. The molecule has 0 fully saturated rings. The van der Waals surface area contributed by atoms with Crippen LogP contribution in [0.1, 0.15) is 28.9 Å². The van der Waals surface area contributed by atoms with Crippen LogP contribution in [0.15, 0.2) is 28.7 Å². The molecule has 22 heavy (non-hydrogen) atoms. The lowest BCUT2D eigenvalue weighted by atomic mass is 10.1. The van der Waals surface area contributed by atoms with Crippen molar-refractivity contribution in [2.75, 3.05) is 0 Å². The van der Waals surface area contributed by atoms with E-state index in [0.29, 0.717) is 34.9 Å². The molecule has 6 nitrogen and oxygen atoms in total. The third-order valence-corrected chi connectivity index (χ3v) is 3.96. The molecule has 0 aliphatic rings. The normalized spacial score (nSPS) is 11.0. The van der Waals surface area contributed by atoms with E-state index in [1.54, 1.807) is 11.6 Å². The van der Waals surface area contributed by atoms with Crippen LogP contribution in [0.2, 0.25) is 0 Å². The Kier molecular flexibility index (Phi) is 3.81. The lowest BCUT2D eigenvalue weighted by Crippen LogP contribution is -2.25. The highest BCUT2D eigenvalue weighted by atomic mass is 32.1. The average Bonchev–Trinajstić information content (AvgIpc) is 3.06. The first kappa shape index (κ1) is 14.5. The van der Waals surface area contributed by atoms with E-state index in [9.17, 15) is 4.79 Å². The number of nitrogens with zero attached hydrogens (tertiary/aromatic N) is 2.